The Morgan fingerprint density at radius 1 is 1.10 bits per heavy atom. The summed E-state index contributed by atoms with van der Waals surface area (Å²) in [5.41, 5.74) is 3.37. The maximum atomic E-state index is 15.2. The van der Waals surface area contributed by atoms with Gasteiger partial charge in [-0.15, -0.1) is 5.10 Å². The number of carbonyl (C=O) groups excluding carboxylic acids is 2. The molecule has 8 rings (SSSR count). The van der Waals surface area contributed by atoms with E-state index in [0.717, 1.165) is 42.8 Å². The Morgan fingerprint density at radius 3 is 2.71 bits per heavy atom. The van der Waals surface area contributed by atoms with Crippen LogP contribution in [0.5, 0.6) is 17.5 Å². The molecule has 4 heterocycles. The number of ether oxygens (including phenoxy) is 4. The van der Waals surface area contributed by atoms with Crippen molar-refractivity contribution >= 4 is 38.7 Å². The molecule has 4 aromatic rings. The molecule has 2 aliphatic heterocycles. The number of rotatable bonds is 7. The minimum Gasteiger partial charge on any atom is -0.490 e. The highest BCUT2D eigenvalue weighted by molar-refractivity contribution is 7.94. The van der Waals surface area contributed by atoms with Gasteiger partial charge in [0.15, 0.2) is 5.78 Å². The molecule has 0 saturated heterocycles. The van der Waals surface area contributed by atoms with E-state index in [1.165, 1.54) is 41.5 Å². The van der Waals surface area contributed by atoms with E-state index in [9.17, 15) is 9.59 Å². The fraction of sp³-hybridized carbons (Fsp3) is 0.465. The fourth-order valence-electron chi connectivity index (χ4n) is 9.16. The number of fused-ring (bicyclic) bond motifs is 4. The van der Waals surface area contributed by atoms with Crippen LogP contribution in [-0.2, 0) is 33.3 Å². The second-order valence-electron chi connectivity index (χ2n) is 16.1. The highest BCUT2D eigenvalue weighted by Crippen LogP contribution is 2.47. The average Bonchev–Trinajstić information content (AvgIpc) is 3.52. The predicted molar refractivity (Wildman–Crippen MR) is 221 cm³/mol. The summed E-state index contributed by atoms with van der Waals surface area (Å²) in [5, 5.41) is 4.93. The van der Waals surface area contributed by atoms with E-state index in [1.54, 1.807) is 26.4 Å². The van der Waals surface area contributed by atoms with Crippen molar-refractivity contribution in [3.8, 4) is 17.5 Å². The van der Waals surface area contributed by atoms with Crippen LogP contribution in [0.25, 0.3) is 0 Å². The number of aromatic nitrogens is 4. The predicted octanol–water partition coefficient (Wildman–Crippen LogP) is 6.53. The lowest BCUT2D eigenvalue weighted by molar-refractivity contribution is 0.0126. The van der Waals surface area contributed by atoms with Crippen LogP contribution in [0.15, 0.2) is 77.7 Å². The zero-order valence-electron chi connectivity index (χ0n) is 33.2. The van der Waals surface area contributed by atoms with E-state index in [4.69, 9.17) is 30.5 Å². The van der Waals surface area contributed by atoms with Crippen molar-refractivity contribution in [2.24, 2.45) is 29.2 Å². The number of carbonyl (C=O) groups is 2. The second-order valence-corrected chi connectivity index (χ2v) is 18.9. The average molecular weight is 829 g/mol. The number of aryl methyl sites for hydroxylation is 2. The highest BCUT2D eigenvalue weighted by atomic mass is 35.5. The number of benzene rings is 2. The van der Waals surface area contributed by atoms with Gasteiger partial charge in [0.2, 0.25) is 11.8 Å². The van der Waals surface area contributed by atoms with Crippen molar-refractivity contribution < 1.29 is 32.7 Å². The van der Waals surface area contributed by atoms with Crippen LogP contribution in [0, 0.1) is 17.8 Å². The lowest BCUT2D eigenvalue weighted by Crippen LogP contribution is -2.49. The molecule has 15 heteroatoms. The molecule has 7 atom stereocenters. The molecule has 1 fully saturated rings. The quantitative estimate of drug-likeness (QED) is 0.148. The number of Topliss-reactive ketones (excluding diaryl/α,β-unsaturated/α-hetero) is 1. The normalized spacial score (nSPS) is 28.8. The maximum Gasteiger partial charge on any atom is 0.285 e. The van der Waals surface area contributed by atoms with Gasteiger partial charge in [0.25, 0.3) is 5.91 Å². The third-order valence-electron chi connectivity index (χ3n) is 12.2. The van der Waals surface area contributed by atoms with Crippen molar-refractivity contribution in [1.82, 2.24) is 19.7 Å². The summed E-state index contributed by atoms with van der Waals surface area (Å²) < 4.78 is 45.7. The van der Waals surface area contributed by atoms with Crippen LogP contribution in [0.2, 0.25) is 5.02 Å². The summed E-state index contributed by atoms with van der Waals surface area (Å²) in [6.07, 6.45) is 14.0. The first kappa shape index (κ1) is 40.0. The molecular weight excluding hydrogens is 780 g/mol. The number of anilines is 1. The van der Waals surface area contributed by atoms with Gasteiger partial charge in [0.1, 0.15) is 17.4 Å². The van der Waals surface area contributed by atoms with Gasteiger partial charge in [-0.3, -0.25) is 19.3 Å². The summed E-state index contributed by atoms with van der Waals surface area (Å²) in [7, 11) is 1.22. The molecule has 0 unspecified atom stereocenters. The van der Waals surface area contributed by atoms with Gasteiger partial charge in [-0.25, -0.2) is 9.19 Å². The van der Waals surface area contributed by atoms with E-state index in [0.29, 0.717) is 25.4 Å². The van der Waals surface area contributed by atoms with E-state index in [-0.39, 0.29) is 52.0 Å². The van der Waals surface area contributed by atoms with Gasteiger partial charge in [-0.05, 0) is 91.5 Å². The SMILES string of the molecule is COc1nn(C)cc1C(=O)C[S@@]1(=O)=NC(=O)c2ccc3c(c2)N(C[C@@H]2CC[C@H]2[C@@H](OC)/C=C/[C@H](Oc2cnccn2)[C@H](C)C1)C[C@@]1(CCCc2cc(Cl)ccc21)CO3. The van der Waals surface area contributed by atoms with Crippen molar-refractivity contribution in [1.29, 1.82) is 0 Å². The molecular formula is C43H49ClN6O7S. The van der Waals surface area contributed by atoms with E-state index in [2.05, 4.69) is 36.5 Å². The van der Waals surface area contributed by atoms with Crippen molar-refractivity contribution in [3.63, 3.8) is 0 Å². The monoisotopic (exact) mass is 828 g/mol. The zero-order valence-corrected chi connectivity index (χ0v) is 34.8. The Morgan fingerprint density at radius 2 is 1.95 bits per heavy atom. The fourth-order valence-corrected chi connectivity index (χ4v) is 11.6. The molecule has 1 spiro atoms. The Labute approximate surface area is 344 Å². The molecule has 1 amide bonds. The molecule has 2 aromatic heterocycles. The molecule has 13 nitrogen and oxygen atoms in total. The molecule has 306 valence electrons. The van der Waals surface area contributed by atoms with E-state index in [1.807, 2.05) is 37.3 Å². The number of methoxy groups -OCH3 is 2. The van der Waals surface area contributed by atoms with Crippen LogP contribution in [0.1, 0.15) is 64.4 Å². The van der Waals surface area contributed by atoms with Gasteiger partial charge >= 0.3 is 0 Å². The summed E-state index contributed by atoms with van der Waals surface area (Å²) in [5.74, 6) is -0.832. The molecule has 0 N–H and O–H groups in total. The van der Waals surface area contributed by atoms with E-state index >= 15 is 4.21 Å². The molecule has 0 radical (unpaired) electrons. The molecule has 1 saturated carbocycles. The van der Waals surface area contributed by atoms with Crippen LogP contribution >= 0.6 is 11.6 Å². The van der Waals surface area contributed by atoms with Gasteiger partial charge < -0.3 is 23.8 Å². The number of ketones is 1. The lowest BCUT2D eigenvalue weighted by Gasteiger charge is -2.46. The van der Waals surface area contributed by atoms with Gasteiger partial charge in [-0.1, -0.05) is 30.7 Å². The van der Waals surface area contributed by atoms with Crippen molar-refractivity contribution in [2.75, 3.05) is 50.3 Å². The number of hydrogen-bond acceptors (Lipinski definition) is 11. The number of halogens is 1. The number of amides is 1. The Bertz CT molecular complexity index is 2350. The summed E-state index contributed by atoms with van der Waals surface area (Å²) in [6.45, 7) is 3.72. The molecule has 2 bridgehead atoms. The smallest absolute Gasteiger partial charge is 0.285 e. The number of hydrogen-bond donors (Lipinski definition) is 0. The summed E-state index contributed by atoms with van der Waals surface area (Å²) >= 11 is 6.49. The Balaban J connectivity index is 1.23. The standard InChI is InChI=1S/C43H49ClN6O7S/c1-27-23-58(53,24-36(51)33-22-49(2)47-42(33)55-4)48-41(52)29-8-12-39-35(19-29)50(25-43(26-56-39)15-5-6-28-18-31(44)9-11-34(28)43)21-30-7-10-32(30)38(54-3)14-13-37(27)57-40-20-45-16-17-46-40/h8-9,11-14,16-20,22,27,30,32,37-38H,5-7,10,15,21,23-26H2,1-4H3/b14-13+/t27-,30+,32-,37+,38+,43+,58-/m1/s1. The highest BCUT2D eigenvalue weighted by Gasteiger charge is 2.44. The first-order valence-corrected chi connectivity index (χ1v) is 22.0. The zero-order chi connectivity index (χ0) is 40.6. The summed E-state index contributed by atoms with van der Waals surface area (Å²) in [4.78, 5) is 39.2. The van der Waals surface area contributed by atoms with Crippen LogP contribution in [0.4, 0.5) is 5.69 Å². The van der Waals surface area contributed by atoms with Crippen molar-refractivity contribution in [3.05, 3.63) is 101 Å². The Hall–Kier alpha value is -4.79. The lowest BCUT2D eigenvalue weighted by atomic mass is 9.68. The van der Waals surface area contributed by atoms with Crippen LogP contribution < -0.4 is 19.1 Å². The van der Waals surface area contributed by atoms with Crippen LogP contribution in [-0.4, -0.2) is 93.3 Å². The van der Waals surface area contributed by atoms with Gasteiger partial charge in [0, 0.05) is 73.5 Å². The largest absolute Gasteiger partial charge is 0.490 e. The van der Waals surface area contributed by atoms with Gasteiger partial charge in [0.05, 0.1) is 47.2 Å². The van der Waals surface area contributed by atoms with Gasteiger partial charge in [-0.2, -0.15) is 4.36 Å². The number of nitrogens with zero attached hydrogens (tertiary/aromatic N) is 6. The maximum absolute atomic E-state index is 15.2. The first-order valence-electron chi connectivity index (χ1n) is 19.8. The molecule has 2 aromatic carbocycles. The molecule has 58 heavy (non-hydrogen) atoms. The Kier molecular flexibility index (Phi) is 11.4. The minimum atomic E-state index is -3.58. The van der Waals surface area contributed by atoms with Crippen LogP contribution in [0.3, 0.4) is 0 Å². The minimum absolute atomic E-state index is 0.0992. The molecule has 4 aliphatic rings. The molecule has 2 aliphatic carbocycles. The summed E-state index contributed by atoms with van der Waals surface area (Å²) in [6, 6.07) is 11.5. The van der Waals surface area contributed by atoms with E-state index < -0.39 is 39.2 Å². The first-order chi connectivity index (χ1) is 28.0. The van der Waals surface area contributed by atoms with Crippen molar-refractivity contribution in [2.45, 2.75) is 56.7 Å². The topological polar surface area (TPSA) is 147 Å². The third-order valence-corrected chi connectivity index (χ3v) is 14.7. The third kappa shape index (κ3) is 8.10. The second kappa shape index (κ2) is 16.5.